The monoisotopic (exact) mass is 315 g/mol. The molecule has 4 rings (SSSR count). The lowest BCUT2D eigenvalue weighted by molar-refractivity contribution is -0.117. The van der Waals surface area contributed by atoms with Crippen LogP contribution in [0.4, 0.5) is 10.2 Å². The van der Waals surface area contributed by atoms with Crippen LogP contribution in [0.15, 0.2) is 30.7 Å². The third-order valence-electron chi connectivity index (χ3n) is 3.93. The Morgan fingerprint density at radius 3 is 3.04 bits per heavy atom. The van der Waals surface area contributed by atoms with Crippen LogP contribution >= 0.6 is 0 Å². The fourth-order valence-corrected chi connectivity index (χ4v) is 2.54. The third kappa shape index (κ3) is 2.46. The molecule has 0 spiro atoms. The summed E-state index contributed by atoms with van der Waals surface area (Å²) in [4.78, 5) is 16.0. The van der Waals surface area contributed by atoms with Crippen LogP contribution in [0.5, 0.6) is 0 Å². The van der Waals surface area contributed by atoms with Crippen LogP contribution in [0.1, 0.15) is 12.0 Å². The van der Waals surface area contributed by atoms with Crippen LogP contribution in [0.3, 0.4) is 0 Å². The van der Waals surface area contributed by atoms with E-state index in [1.54, 1.807) is 22.9 Å². The molecular weight excluding hydrogens is 301 g/mol. The predicted molar refractivity (Wildman–Crippen MR) is 80.3 cm³/mol. The van der Waals surface area contributed by atoms with Crippen LogP contribution in [0, 0.1) is 5.92 Å². The van der Waals surface area contributed by atoms with E-state index >= 15 is 0 Å². The molecule has 0 aliphatic heterocycles. The van der Waals surface area contributed by atoms with E-state index in [4.69, 9.17) is 0 Å². The van der Waals surface area contributed by atoms with Crippen molar-refractivity contribution in [3.63, 3.8) is 0 Å². The molecule has 8 heteroatoms. The number of anilines is 1. The topological polar surface area (TPSA) is 95.3 Å². The number of pyridine rings is 1. The highest BCUT2D eigenvalue weighted by atomic mass is 19.1. The highest BCUT2D eigenvalue weighted by Crippen LogP contribution is 2.34. The number of nitrogens with one attached hydrogen (secondary N) is 2. The van der Waals surface area contributed by atoms with Gasteiger partial charge < -0.3 is 14.8 Å². The molecule has 1 aliphatic rings. The standard InChI is InChI=1S/C15H14FN5O2/c16-11-3-10(11)15(23)19-12-6-21-5-8(1-2-13(21)18-12)14-9(7-22)4-17-20-14/h1-2,4-6,10-11,22H,3,7H2,(H,17,20)(H,19,23). The lowest BCUT2D eigenvalue weighted by Gasteiger charge is -2.01. The Morgan fingerprint density at radius 2 is 2.30 bits per heavy atom. The molecule has 3 aromatic rings. The number of amides is 1. The molecule has 3 N–H and O–H groups in total. The van der Waals surface area contributed by atoms with Crippen molar-refractivity contribution in [1.29, 1.82) is 0 Å². The number of aliphatic hydroxyl groups is 1. The maximum absolute atomic E-state index is 12.9. The lowest BCUT2D eigenvalue weighted by atomic mass is 10.1. The van der Waals surface area contributed by atoms with E-state index in [0.717, 1.165) is 11.3 Å². The number of fused-ring (bicyclic) bond motifs is 1. The Kier molecular flexibility index (Phi) is 3.12. The molecule has 1 fully saturated rings. The first kappa shape index (κ1) is 13.9. The predicted octanol–water partition coefficient (Wildman–Crippen LogP) is 1.51. The quantitative estimate of drug-likeness (QED) is 0.680. The van der Waals surface area contributed by atoms with Crippen molar-refractivity contribution < 1.29 is 14.3 Å². The molecule has 23 heavy (non-hydrogen) atoms. The summed E-state index contributed by atoms with van der Waals surface area (Å²) in [5.74, 6) is -0.497. The van der Waals surface area contributed by atoms with E-state index in [2.05, 4.69) is 20.5 Å². The molecule has 2 unspecified atom stereocenters. The van der Waals surface area contributed by atoms with Gasteiger partial charge in [0.2, 0.25) is 5.91 Å². The van der Waals surface area contributed by atoms with Crippen LogP contribution in [-0.4, -0.2) is 36.8 Å². The minimum absolute atomic E-state index is 0.110. The number of aliphatic hydroxyl groups excluding tert-OH is 1. The number of hydrogen-bond donors (Lipinski definition) is 3. The number of carbonyl (C=O) groups excluding carboxylic acids is 1. The van der Waals surface area contributed by atoms with Gasteiger partial charge in [-0.05, 0) is 18.6 Å². The van der Waals surface area contributed by atoms with E-state index in [1.165, 1.54) is 0 Å². The van der Waals surface area contributed by atoms with Crippen molar-refractivity contribution in [1.82, 2.24) is 19.6 Å². The molecule has 3 heterocycles. The first-order chi connectivity index (χ1) is 11.2. The number of imidazole rings is 1. The third-order valence-corrected chi connectivity index (χ3v) is 3.93. The molecule has 1 aliphatic carbocycles. The van der Waals surface area contributed by atoms with Crippen molar-refractivity contribution in [2.24, 2.45) is 5.92 Å². The van der Waals surface area contributed by atoms with Gasteiger partial charge in [0.25, 0.3) is 0 Å². The molecule has 0 aromatic carbocycles. The van der Waals surface area contributed by atoms with E-state index in [9.17, 15) is 14.3 Å². The number of aromatic nitrogens is 4. The summed E-state index contributed by atoms with van der Waals surface area (Å²) in [6, 6.07) is 3.64. The second-order valence-corrected chi connectivity index (χ2v) is 5.59. The van der Waals surface area contributed by atoms with Gasteiger partial charge in [-0.15, -0.1) is 0 Å². The summed E-state index contributed by atoms with van der Waals surface area (Å²) in [7, 11) is 0. The van der Waals surface area contributed by atoms with Crippen LogP contribution in [0.25, 0.3) is 16.9 Å². The number of hydrogen-bond acceptors (Lipinski definition) is 4. The van der Waals surface area contributed by atoms with Crippen molar-refractivity contribution in [3.8, 4) is 11.3 Å². The largest absolute Gasteiger partial charge is 0.392 e. The molecule has 3 aromatic heterocycles. The summed E-state index contributed by atoms with van der Waals surface area (Å²) in [5, 5.41) is 18.7. The molecule has 2 atom stereocenters. The average Bonchev–Trinajstić information content (AvgIpc) is 2.97. The minimum Gasteiger partial charge on any atom is -0.392 e. The highest BCUT2D eigenvalue weighted by molar-refractivity contribution is 5.94. The molecule has 0 saturated heterocycles. The zero-order valence-electron chi connectivity index (χ0n) is 12.0. The summed E-state index contributed by atoms with van der Waals surface area (Å²) < 4.78 is 14.7. The second-order valence-electron chi connectivity index (χ2n) is 5.59. The number of alkyl halides is 1. The van der Waals surface area contributed by atoms with E-state index in [-0.39, 0.29) is 18.9 Å². The molecule has 0 radical (unpaired) electrons. The molecular formula is C15H14FN5O2. The fraction of sp³-hybridized carbons (Fsp3) is 0.267. The number of aromatic amines is 1. The molecule has 7 nitrogen and oxygen atoms in total. The summed E-state index contributed by atoms with van der Waals surface area (Å²) in [6.45, 7) is -0.110. The minimum atomic E-state index is -1.03. The Balaban J connectivity index is 1.63. The Labute approximate surface area is 130 Å². The number of rotatable bonds is 4. The van der Waals surface area contributed by atoms with Crippen molar-refractivity contribution in [2.45, 2.75) is 19.2 Å². The van der Waals surface area contributed by atoms with E-state index in [1.807, 2.05) is 12.3 Å². The van der Waals surface area contributed by atoms with Crippen LogP contribution < -0.4 is 5.32 Å². The van der Waals surface area contributed by atoms with Gasteiger partial charge >= 0.3 is 0 Å². The molecule has 1 amide bonds. The molecule has 1 saturated carbocycles. The number of nitrogens with zero attached hydrogens (tertiary/aromatic N) is 3. The van der Waals surface area contributed by atoms with Gasteiger partial charge in [-0.2, -0.15) is 5.10 Å². The lowest BCUT2D eigenvalue weighted by Crippen LogP contribution is -2.15. The van der Waals surface area contributed by atoms with Crippen molar-refractivity contribution in [3.05, 3.63) is 36.3 Å². The Morgan fingerprint density at radius 1 is 1.48 bits per heavy atom. The smallest absolute Gasteiger partial charge is 0.231 e. The maximum atomic E-state index is 12.9. The van der Waals surface area contributed by atoms with Crippen LogP contribution in [-0.2, 0) is 11.4 Å². The fourth-order valence-electron chi connectivity index (χ4n) is 2.54. The van der Waals surface area contributed by atoms with Crippen molar-refractivity contribution >= 4 is 17.4 Å². The normalized spacial score (nSPS) is 19.9. The van der Waals surface area contributed by atoms with Crippen LogP contribution in [0.2, 0.25) is 0 Å². The summed E-state index contributed by atoms with van der Waals surface area (Å²) in [6.07, 6.45) is 4.31. The molecule has 0 bridgehead atoms. The maximum Gasteiger partial charge on any atom is 0.231 e. The first-order valence-electron chi connectivity index (χ1n) is 7.23. The molecule has 118 valence electrons. The van der Waals surface area contributed by atoms with Gasteiger partial charge in [0.15, 0.2) is 5.82 Å². The number of halogens is 1. The van der Waals surface area contributed by atoms with E-state index < -0.39 is 12.1 Å². The van der Waals surface area contributed by atoms with Gasteiger partial charge in [0.05, 0.1) is 30.6 Å². The Hall–Kier alpha value is -2.74. The zero-order chi connectivity index (χ0) is 16.0. The number of carbonyl (C=O) groups is 1. The zero-order valence-corrected chi connectivity index (χ0v) is 12.0. The second kappa shape index (κ2) is 5.17. The highest BCUT2D eigenvalue weighted by Gasteiger charge is 2.43. The van der Waals surface area contributed by atoms with Gasteiger partial charge in [-0.25, -0.2) is 9.37 Å². The average molecular weight is 315 g/mol. The van der Waals surface area contributed by atoms with Gasteiger partial charge in [-0.3, -0.25) is 9.89 Å². The SMILES string of the molecule is O=C(Nc1cn2cc(-c3[nH]ncc3CO)ccc2n1)C1CC1F. The van der Waals surface area contributed by atoms with Gasteiger partial charge in [0.1, 0.15) is 11.8 Å². The van der Waals surface area contributed by atoms with Gasteiger partial charge in [-0.1, -0.05) is 0 Å². The summed E-state index contributed by atoms with van der Waals surface area (Å²) in [5.41, 5.74) is 2.91. The number of H-pyrrole nitrogens is 1. The van der Waals surface area contributed by atoms with Gasteiger partial charge in [0, 0.05) is 17.3 Å². The summed E-state index contributed by atoms with van der Waals surface area (Å²) >= 11 is 0. The van der Waals surface area contributed by atoms with E-state index in [0.29, 0.717) is 17.0 Å². The first-order valence-corrected chi connectivity index (χ1v) is 7.23. The Bertz CT molecular complexity index is 887. The van der Waals surface area contributed by atoms with Crippen molar-refractivity contribution in [2.75, 3.05) is 5.32 Å².